The van der Waals surface area contributed by atoms with Crippen LogP contribution in [-0.4, -0.2) is 11.6 Å². The Morgan fingerprint density at radius 1 is 1.10 bits per heavy atom. The van der Waals surface area contributed by atoms with E-state index in [-0.39, 0.29) is 0 Å². The smallest absolute Gasteiger partial charge is 0.213 e. The Hall–Kier alpha value is -2.03. The number of benzene rings is 1. The molecule has 106 valence electrons. The highest BCUT2D eigenvalue weighted by atomic mass is 16.5. The second-order valence-corrected chi connectivity index (χ2v) is 5.07. The number of pyridine rings is 1. The first-order chi connectivity index (χ1) is 9.69. The summed E-state index contributed by atoms with van der Waals surface area (Å²) in [5.74, 6) is 1.24. The molecule has 0 amide bonds. The van der Waals surface area contributed by atoms with Gasteiger partial charge in [-0.2, -0.15) is 0 Å². The minimum absolute atomic E-state index is 0.576. The molecule has 2 aromatic rings. The van der Waals surface area contributed by atoms with Crippen LogP contribution in [0.25, 0.3) is 0 Å². The molecule has 1 N–H and O–H groups in total. The lowest BCUT2D eigenvalue weighted by Gasteiger charge is -2.09. The van der Waals surface area contributed by atoms with Crippen molar-refractivity contribution in [1.82, 2.24) is 4.98 Å². The monoisotopic (exact) mass is 270 g/mol. The van der Waals surface area contributed by atoms with Crippen LogP contribution in [0, 0.1) is 0 Å². The maximum absolute atomic E-state index is 5.32. The quantitative estimate of drug-likeness (QED) is 0.853. The van der Waals surface area contributed by atoms with Crippen LogP contribution in [0.1, 0.15) is 37.8 Å². The molecular formula is C17H22N2O. The zero-order valence-corrected chi connectivity index (χ0v) is 12.4. The number of hydrogen-bond donors (Lipinski definition) is 1. The van der Waals surface area contributed by atoms with Gasteiger partial charge in [-0.3, -0.25) is 0 Å². The lowest BCUT2D eigenvalue weighted by molar-refractivity contribution is 0.327. The van der Waals surface area contributed by atoms with Gasteiger partial charge in [0.05, 0.1) is 18.5 Å². The van der Waals surface area contributed by atoms with E-state index in [1.807, 2.05) is 19.1 Å². The molecule has 0 aliphatic heterocycles. The van der Waals surface area contributed by atoms with Crippen molar-refractivity contribution in [3.05, 3.63) is 53.7 Å². The van der Waals surface area contributed by atoms with Gasteiger partial charge in [-0.1, -0.05) is 38.1 Å². The highest BCUT2D eigenvalue weighted by Crippen LogP contribution is 2.16. The van der Waals surface area contributed by atoms with E-state index >= 15 is 0 Å². The van der Waals surface area contributed by atoms with Crippen LogP contribution in [-0.2, 0) is 6.54 Å². The molecule has 1 aromatic carbocycles. The van der Waals surface area contributed by atoms with Crippen molar-refractivity contribution < 1.29 is 4.74 Å². The zero-order valence-electron chi connectivity index (χ0n) is 12.4. The average Bonchev–Trinajstić information content (AvgIpc) is 2.47. The summed E-state index contributed by atoms with van der Waals surface area (Å²) in [6.45, 7) is 7.81. The second-order valence-electron chi connectivity index (χ2n) is 5.07. The normalized spacial score (nSPS) is 10.6. The third-order valence-corrected chi connectivity index (χ3v) is 3.17. The van der Waals surface area contributed by atoms with E-state index in [1.54, 1.807) is 6.20 Å². The second kappa shape index (κ2) is 6.94. The van der Waals surface area contributed by atoms with Gasteiger partial charge in [-0.05, 0) is 30.0 Å². The number of nitrogens with zero attached hydrogens (tertiary/aromatic N) is 1. The van der Waals surface area contributed by atoms with Crippen LogP contribution in [0.2, 0.25) is 0 Å². The van der Waals surface area contributed by atoms with E-state index in [9.17, 15) is 0 Å². The van der Waals surface area contributed by atoms with Crippen LogP contribution in [0.15, 0.2) is 42.6 Å². The van der Waals surface area contributed by atoms with Crippen molar-refractivity contribution >= 4 is 5.69 Å². The van der Waals surface area contributed by atoms with Gasteiger partial charge in [0.2, 0.25) is 5.88 Å². The first kappa shape index (κ1) is 14.4. The number of ether oxygens (including phenoxy) is 1. The van der Waals surface area contributed by atoms with Gasteiger partial charge < -0.3 is 10.1 Å². The van der Waals surface area contributed by atoms with Crippen LogP contribution >= 0.6 is 0 Å². The fourth-order valence-electron chi connectivity index (χ4n) is 1.94. The Bertz CT molecular complexity index is 518. The highest BCUT2D eigenvalue weighted by molar-refractivity contribution is 5.43. The van der Waals surface area contributed by atoms with E-state index in [4.69, 9.17) is 4.74 Å². The van der Waals surface area contributed by atoms with Gasteiger partial charge in [-0.15, -0.1) is 0 Å². The van der Waals surface area contributed by atoms with E-state index in [1.165, 1.54) is 11.1 Å². The molecule has 0 saturated heterocycles. The molecule has 0 bridgehead atoms. The topological polar surface area (TPSA) is 34.1 Å². The summed E-state index contributed by atoms with van der Waals surface area (Å²) in [7, 11) is 0. The summed E-state index contributed by atoms with van der Waals surface area (Å²) in [5.41, 5.74) is 3.64. The molecule has 1 heterocycles. The number of anilines is 1. The van der Waals surface area contributed by atoms with Crippen molar-refractivity contribution in [2.75, 3.05) is 11.9 Å². The molecule has 20 heavy (non-hydrogen) atoms. The fourth-order valence-corrected chi connectivity index (χ4v) is 1.94. The maximum Gasteiger partial charge on any atom is 0.213 e. The third-order valence-electron chi connectivity index (χ3n) is 3.17. The molecule has 0 atom stereocenters. The summed E-state index contributed by atoms with van der Waals surface area (Å²) in [6.07, 6.45) is 1.80. The van der Waals surface area contributed by atoms with Crippen molar-refractivity contribution in [1.29, 1.82) is 0 Å². The number of hydrogen-bond acceptors (Lipinski definition) is 3. The summed E-state index contributed by atoms with van der Waals surface area (Å²) in [6, 6.07) is 12.6. The first-order valence-electron chi connectivity index (χ1n) is 7.10. The summed E-state index contributed by atoms with van der Waals surface area (Å²) in [4.78, 5) is 4.23. The molecule has 0 radical (unpaired) electrons. The Morgan fingerprint density at radius 3 is 2.40 bits per heavy atom. The third kappa shape index (κ3) is 3.98. The average molecular weight is 270 g/mol. The van der Waals surface area contributed by atoms with Crippen molar-refractivity contribution in [2.24, 2.45) is 0 Å². The molecule has 0 spiro atoms. The van der Waals surface area contributed by atoms with Crippen molar-refractivity contribution in [2.45, 2.75) is 33.2 Å². The lowest BCUT2D eigenvalue weighted by Crippen LogP contribution is -2.01. The van der Waals surface area contributed by atoms with Crippen LogP contribution < -0.4 is 10.1 Å². The number of aromatic nitrogens is 1. The maximum atomic E-state index is 5.32. The van der Waals surface area contributed by atoms with Gasteiger partial charge in [0.1, 0.15) is 0 Å². The SMILES string of the molecule is CCOc1ccc(NCc2ccc(C(C)C)cc2)cn1. The standard InChI is InChI=1S/C17H22N2O/c1-4-20-17-10-9-16(12-19-17)18-11-14-5-7-15(8-6-14)13(2)3/h5-10,12-13,18H,4,11H2,1-3H3. The Balaban J connectivity index is 1.91. The minimum Gasteiger partial charge on any atom is -0.478 e. The molecule has 0 aliphatic rings. The van der Waals surface area contributed by atoms with Gasteiger partial charge in [-0.25, -0.2) is 4.98 Å². The van der Waals surface area contributed by atoms with Gasteiger partial charge in [0.15, 0.2) is 0 Å². The molecule has 0 aliphatic carbocycles. The predicted octanol–water partition coefficient (Wildman–Crippen LogP) is 4.22. The molecule has 1 aromatic heterocycles. The van der Waals surface area contributed by atoms with Gasteiger partial charge >= 0.3 is 0 Å². The Labute approximate surface area is 121 Å². The van der Waals surface area contributed by atoms with E-state index < -0.39 is 0 Å². The molecule has 2 rings (SSSR count). The van der Waals surface area contributed by atoms with Gasteiger partial charge in [0, 0.05) is 12.6 Å². The lowest BCUT2D eigenvalue weighted by atomic mass is 10.0. The predicted molar refractivity (Wildman–Crippen MR) is 83.3 cm³/mol. The first-order valence-corrected chi connectivity index (χ1v) is 7.10. The van der Waals surface area contributed by atoms with Crippen molar-refractivity contribution in [3.8, 4) is 5.88 Å². The fraction of sp³-hybridized carbons (Fsp3) is 0.353. The zero-order chi connectivity index (χ0) is 14.4. The van der Waals surface area contributed by atoms with E-state index in [0.717, 1.165) is 12.2 Å². The Kier molecular flexibility index (Phi) is 4.99. The van der Waals surface area contributed by atoms with Gasteiger partial charge in [0.25, 0.3) is 0 Å². The highest BCUT2D eigenvalue weighted by Gasteiger charge is 2.00. The minimum atomic E-state index is 0.576. The molecule has 0 saturated carbocycles. The largest absolute Gasteiger partial charge is 0.478 e. The summed E-state index contributed by atoms with van der Waals surface area (Å²) in [5, 5.41) is 3.36. The molecule has 0 fully saturated rings. The molecule has 0 unspecified atom stereocenters. The summed E-state index contributed by atoms with van der Waals surface area (Å²) < 4.78 is 5.32. The van der Waals surface area contributed by atoms with Crippen molar-refractivity contribution in [3.63, 3.8) is 0 Å². The summed E-state index contributed by atoms with van der Waals surface area (Å²) >= 11 is 0. The Morgan fingerprint density at radius 2 is 1.85 bits per heavy atom. The number of nitrogens with one attached hydrogen (secondary N) is 1. The van der Waals surface area contributed by atoms with Crippen LogP contribution in [0.5, 0.6) is 5.88 Å². The molecule has 3 nitrogen and oxygen atoms in total. The molecular weight excluding hydrogens is 248 g/mol. The van der Waals surface area contributed by atoms with E-state index in [0.29, 0.717) is 18.4 Å². The number of rotatable bonds is 6. The molecule has 3 heteroatoms. The van der Waals surface area contributed by atoms with Crippen LogP contribution in [0.3, 0.4) is 0 Å². The van der Waals surface area contributed by atoms with Crippen LogP contribution in [0.4, 0.5) is 5.69 Å². The van der Waals surface area contributed by atoms with E-state index in [2.05, 4.69) is 48.4 Å².